The third-order valence-electron chi connectivity index (χ3n) is 4.22. The number of aromatic nitrogens is 2. The summed E-state index contributed by atoms with van der Waals surface area (Å²) in [6.45, 7) is 5.31. The fourth-order valence-electron chi connectivity index (χ4n) is 2.71. The van der Waals surface area contributed by atoms with E-state index in [1.807, 2.05) is 13.8 Å². The quantitative estimate of drug-likeness (QED) is 0.546. The average molecular weight is 424 g/mol. The minimum Gasteiger partial charge on any atom is -0.497 e. The van der Waals surface area contributed by atoms with E-state index in [0.29, 0.717) is 22.9 Å². The number of ether oxygens (including phenoxy) is 2. The lowest BCUT2D eigenvalue weighted by Gasteiger charge is -2.14. The Bertz CT molecular complexity index is 1050. The number of carbonyl (C=O) groups is 2. The number of anilines is 1. The second-order valence-corrected chi connectivity index (χ2v) is 7.02. The van der Waals surface area contributed by atoms with Crippen molar-refractivity contribution in [3.05, 3.63) is 60.0 Å². The first-order valence-electron chi connectivity index (χ1n) is 9.72. The predicted octanol–water partition coefficient (Wildman–Crippen LogP) is 4.19. The highest BCUT2D eigenvalue weighted by Crippen LogP contribution is 2.25. The standard InChI is InChI=1S/C22H24N4O5/c1-13(2)23-22(28)24-18-8-6-5-7-17(18)21(27)30-14(3)19-25-26-20(31-19)15-9-11-16(29-4)12-10-15/h5-14H,1-4H3,(H2,23,24,28)/t14-/m0/s1. The van der Waals surface area contributed by atoms with Crippen LogP contribution in [0.1, 0.15) is 43.1 Å². The molecular formula is C22H24N4O5. The van der Waals surface area contributed by atoms with Crippen LogP contribution >= 0.6 is 0 Å². The molecule has 0 aliphatic carbocycles. The molecule has 0 aliphatic heterocycles. The summed E-state index contributed by atoms with van der Waals surface area (Å²) in [6, 6.07) is 13.3. The molecule has 0 saturated carbocycles. The number of nitrogens with one attached hydrogen (secondary N) is 2. The minimum absolute atomic E-state index is 0.0449. The molecule has 162 valence electrons. The number of para-hydroxylation sites is 1. The highest BCUT2D eigenvalue weighted by Gasteiger charge is 2.22. The molecule has 0 saturated heterocycles. The molecule has 1 atom stereocenters. The van der Waals surface area contributed by atoms with Crippen LogP contribution in [0.5, 0.6) is 5.75 Å². The van der Waals surface area contributed by atoms with Crippen molar-refractivity contribution in [1.29, 1.82) is 0 Å². The predicted molar refractivity (Wildman–Crippen MR) is 114 cm³/mol. The molecule has 0 aliphatic rings. The topological polar surface area (TPSA) is 116 Å². The highest BCUT2D eigenvalue weighted by atomic mass is 16.6. The Balaban J connectivity index is 1.70. The number of nitrogens with zero attached hydrogens (tertiary/aromatic N) is 2. The molecule has 2 N–H and O–H groups in total. The Labute approximate surface area is 179 Å². The lowest BCUT2D eigenvalue weighted by atomic mass is 10.2. The number of amides is 2. The zero-order chi connectivity index (χ0) is 22.4. The molecular weight excluding hydrogens is 400 g/mol. The number of benzene rings is 2. The molecule has 2 amide bonds. The van der Waals surface area contributed by atoms with Crippen molar-refractivity contribution < 1.29 is 23.5 Å². The third kappa shape index (κ3) is 5.59. The zero-order valence-corrected chi connectivity index (χ0v) is 17.7. The summed E-state index contributed by atoms with van der Waals surface area (Å²) in [7, 11) is 1.58. The molecule has 3 aromatic rings. The Morgan fingerprint density at radius 2 is 1.71 bits per heavy atom. The molecule has 2 aromatic carbocycles. The average Bonchev–Trinajstić information content (AvgIpc) is 3.24. The van der Waals surface area contributed by atoms with Crippen LogP contribution in [-0.2, 0) is 4.74 Å². The van der Waals surface area contributed by atoms with E-state index in [1.165, 1.54) is 0 Å². The van der Waals surface area contributed by atoms with E-state index in [2.05, 4.69) is 20.8 Å². The molecule has 1 aromatic heterocycles. The number of rotatable bonds is 7. The Kier molecular flexibility index (Phi) is 6.86. The zero-order valence-electron chi connectivity index (χ0n) is 17.7. The number of hydrogen-bond acceptors (Lipinski definition) is 7. The first-order chi connectivity index (χ1) is 14.9. The van der Waals surface area contributed by atoms with Gasteiger partial charge in [0.1, 0.15) is 5.75 Å². The maximum Gasteiger partial charge on any atom is 0.341 e. The van der Waals surface area contributed by atoms with Gasteiger partial charge in [0.15, 0.2) is 6.10 Å². The first kappa shape index (κ1) is 21.8. The van der Waals surface area contributed by atoms with Gasteiger partial charge in [-0.15, -0.1) is 10.2 Å². The van der Waals surface area contributed by atoms with E-state index in [0.717, 1.165) is 0 Å². The van der Waals surface area contributed by atoms with Crippen LogP contribution in [0.2, 0.25) is 0 Å². The van der Waals surface area contributed by atoms with Crippen LogP contribution < -0.4 is 15.4 Å². The summed E-state index contributed by atoms with van der Waals surface area (Å²) in [5.74, 6) is 0.535. The molecule has 3 rings (SSSR count). The van der Waals surface area contributed by atoms with Crippen molar-refractivity contribution in [3.63, 3.8) is 0 Å². The Morgan fingerprint density at radius 1 is 1.00 bits per heavy atom. The summed E-state index contributed by atoms with van der Waals surface area (Å²) >= 11 is 0. The summed E-state index contributed by atoms with van der Waals surface area (Å²) in [5, 5.41) is 13.4. The van der Waals surface area contributed by atoms with Crippen LogP contribution in [0.3, 0.4) is 0 Å². The van der Waals surface area contributed by atoms with E-state index >= 15 is 0 Å². The van der Waals surface area contributed by atoms with E-state index < -0.39 is 18.1 Å². The molecule has 0 spiro atoms. The monoisotopic (exact) mass is 424 g/mol. The number of esters is 1. The fourth-order valence-corrected chi connectivity index (χ4v) is 2.71. The smallest absolute Gasteiger partial charge is 0.341 e. The molecule has 31 heavy (non-hydrogen) atoms. The SMILES string of the molecule is COc1ccc(-c2nnc([C@H](C)OC(=O)c3ccccc3NC(=O)NC(C)C)o2)cc1. The maximum absolute atomic E-state index is 12.7. The van der Waals surface area contributed by atoms with Crippen LogP contribution in [-0.4, -0.2) is 35.3 Å². The fraction of sp³-hybridized carbons (Fsp3) is 0.273. The van der Waals surface area contributed by atoms with Gasteiger partial charge >= 0.3 is 12.0 Å². The number of urea groups is 1. The molecule has 0 unspecified atom stereocenters. The van der Waals surface area contributed by atoms with Crippen LogP contribution in [0, 0.1) is 0 Å². The van der Waals surface area contributed by atoms with Gasteiger partial charge in [-0.25, -0.2) is 9.59 Å². The van der Waals surface area contributed by atoms with Crippen molar-refractivity contribution in [2.24, 2.45) is 0 Å². The van der Waals surface area contributed by atoms with Gasteiger partial charge in [0, 0.05) is 11.6 Å². The molecule has 1 heterocycles. The molecule has 9 heteroatoms. The van der Waals surface area contributed by atoms with Gasteiger partial charge in [-0.1, -0.05) is 12.1 Å². The van der Waals surface area contributed by atoms with Gasteiger partial charge in [-0.2, -0.15) is 0 Å². The minimum atomic E-state index is -0.787. The molecule has 0 radical (unpaired) electrons. The van der Waals surface area contributed by atoms with Gasteiger partial charge in [0.05, 0.1) is 18.4 Å². The van der Waals surface area contributed by atoms with Gasteiger partial charge in [-0.05, 0) is 57.2 Å². The Morgan fingerprint density at radius 3 is 2.39 bits per heavy atom. The van der Waals surface area contributed by atoms with Gasteiger partial charge in [0.25, 0.3) is 5.89 Å². The Hall–Kier alpha value is -3.88. The number of carbonyl (C=O) groups excluding carboxylic acids is 2. The van der Waals surface area contributed by atoms with Crippen molar-refractivity contribution in [2.75, 3.05) is 12.4 Å². The van der Waals surface area contributed by atoms with Gasteiger partial charge in [-0.3, -0.25) is 0 Å². The van der Waals surface area contributed by atoms with E-state index in [4.69, 9.17) is 13.9 Å². The van der Waals surface area contributed by atoms with Gasteiger partial charge in [0.2, 0.25) is 5.89 Å². The van der Waals surface area contributed by atoms with Crippen LogP contribution in [0.15, 0.2) is 52.9 Å². The van der Waals surface area contributed by atoms with Crippen molar-refractivity contribution in [3.8, 4) is 17.2 Å². The summed E-state index contributed by atoms with van der Waals surface area (Å²) in [4.78, 5) is 24.7. The summed E-state index contributed by atoms with van der Waals surface area (Å²) in [6.07, 6.45) is -0.787. The summed E-state index contributed by atoms with van der Waals surface area (Å²) < 4.78 is 16.3. The largest absolute Gasteiger partial charge is 0.497 e. The second kappa shape index (κ2) is 9.75. The highest BCUT2D eigenvalue weighted by molar-refractivity contribution is 6.00. The van der Waals surface area contributed by atoms with Crippen LogP contribution in [0.4, 0.5) is 10.5 Å². The molecule has 9 nitrogen and oxygen atoms in total. The van der Waals surface area contributed by atoms with Crippen molar-refractivity contribution in [2.45, 2.75) is 32.9 Å². The number of hydrogen-bond donors (Lipinski definition) is 2. The molecule has 0 bridgehead atoms. The van der Waals surface area contributed by atoms with Crippen molar-refractivity contribution in [1.82, 2.24) is 15.5 Å². The van der Waals surface area contributed by atoms with E-state index in [1.54, 1.807) is 62.6 Å². The lowest BCUT2D eigenvalue weighted by Crippen LogP contribution is -2.34. The van der Waals surface area contributed by atoms with Crippen LogP contribution in [0.25, 0.3) is 11.5 Å². The number of methoxy groups -OCH3 is 1. The lowest BCUT2D eigenvalue weighted by molar-refractivity contribution is 0.0281. The summed E-state index contributed by atoms with van der Waals surface area (Å²) in [5.41, 5.74) is 1.26. The van der Waals surface area contributed by atoms with E-state index in [9.17, 15) is 9.59 Å². The third-order valence-corrected chi connectivity index (χ3v) is 4.22. The normalized spacial score (nSPS) is 11.6. The maximum atomic E-state index is 12.7. The van der Waals surface area contributed by atoms with E-state index in [-0.39, 0.29) is 17.5 Å². The molecule has 0 fully saturated rings. The van der Waals surface area contributed by atoms with Crippen molar-refractivity contribution >= 4 is 17.7 Å². The first-order valence-corrected chi connectivity index (χ1v) is 9.72. The van der Waals surface area contributed by atoms with Gasteiger partial charge < -0.3 is 24.5 Å². The second-order valence-electron chi connectivity index (χ2n) is 7.02.